The molecule has 0 aliphatic carbocycles. The second kappa shape index (κ2) is 11.6. The van der Waals surface area contributed by atoms with E-state index in [0.717, 1.165) is 26.2 Å². The van der Waals surface area contributed by atoms with Crippen molar-refractivity contribution >= 4 is 29.9 Å². The van der Waals surface area contributed by atoms with Crippen molar-refractivity contribution in [1.29, 1.82) is 0 Å². The molecule has 0 bridgehead atoms. The van der Waals surface area contributed by atoms with E-state index in [0.29, 0.717) is 24.5 Å². The van der Waals surface area contributed by atoms with E-state index >= 15 is 0 Å². The number of nitrogens with zero attached hydrogens (tertiary/aromatic N) is 2. The molecule has 0 spiro atoms. The molecule has 1 fully saturated rings. The van der Waals surface area contributed by atoms with Crippen LogP contribution < -0.4 is 11.1 Å². The fourth-order valence-electron chi connectivity index (χ4n) is 2.35. The van der Waals surface area contributed by atoms with Gasteiger partial charge in [-0.15, -0.1) is 24.0 Å². The third kappa shape index (κ3) is 8.26. The van der Waals surface area contributed by atoms with Gasteiger partial charge in [-0.05, 0) is 31.8 Å². The smallest absolute Gasteiger partial charge is 0.188 e. The van der Waals surface area contributed by atoms with E-state index in [1.165, 1.54) is 19.4 Å². The first-order valence-electron chi connectivity index (χ1n) is 7.49. The summed E-state index contributed by atoms with van der Waals surface area (Å²) in [6, 6.07) is 0.572. The summed E-state index contributed by atoms with van der Waals surface area (Å²) in [5, 5.41) is 3.10. The maximum Gasteiger partial charge on any atom is 0.188 e. The number of rotatable bonds is 8. The van der Waals surface area contributed by atoms with Gasteiger partial charge in [0.2, 0.25) is 0 Å². The van der Waals surface area contributed by atoms with Crippen molar-refractivity contribution in [3.05, 3.63) is 0 Å². The molecule has 1 atom stereocenters. The molecule has 1 unspecified atom stereocenters. The van der Waals surface area contributed by atoms with Crippen LogP contribution in [-0.4, -0.2) is 56.3 Å². The van der Waals surface area contributed by atoms with Gasteiger partial charge in [-0.1, -0.05) is 20.8 Å². The van der Waals surface area contributed by atoms with Gasteiger partial charge in [0.25, 0.3) is 0 Å². The average molecular weight is 398 g/mol. The van der Waals surface area contributed by atoms with Crippen LogP contribution in [0.2, 0.25) is 0 Å². The number of halogens is 1. The fourth-order valence-corrected chi connectivity index (χ4v) is 2.35. The number of aliphatic imine (C=N–C) groups is 1. The first-order chi connectivity index (χ1) is 9.13. The van der Waals surface area contributed by atoms with E-state index in [1.54, 1.807) is 0 Å². The number of ether oxygens (including phenoxy) is 1. The Labute approximate surface area is 140 Å². The van der Waals surface area contributed by atoms with E-state index in [4.69, 9.17) is 10.5 Å². The van der Waals surface area contributed by atoms with Gasteiger partial charge >= 0.3 is 0 Å². The predicted octanol–water partition coefficient (Wildman–Crippen LogP) is 1.67. The summed E-state index contributed by atoms with van der Waals surface area (Å²) in [6.45, 7) is 11.8. The van der Waals surface area contributed by atoms with E-state index in [1.807, 2.05) is 0 Å². The summed E-state index contributed by atoms with van der Waals surface area (Å²) >= 11 is 0. The van der Waals surface area contributed by atoms with Crippen molar-refractivity contribution in [3.63, 3.8) is 0 Å². The van der Waals surface area contributed by atoms with E-state index in [9.17, 15) is 0 Å². The lowest BCUT2D eigenvalue weighted by atomic mass is 10.2. The Morgan fingerprint density at radius 2 is 2.25 bits per heavy atom. The lowest BCUT2D eigenvalue weighted by Crippen LogP contribution is -2.37. The Morgan fingerprint density at radius 3 is 2.90 bits per heavy atom. The molecular formula is C14H31IN4O. The molecule has 1 aliphatic rings. The Hall–Kier alpha value is -0.0800. The molecule has 0 amide bonds. The number of likely N-dealkylation sites (N-methyl/N-ethyl adjacent to an activating group) is 1. The molecule has 1 heterocycles. The third-order valence-corrected chi connectivity index (χ3v) is 3.38. The number of guanidine groups is 1. The van der Waals surface area contributed by atoms with Crippen LogP contribution in [0.3, 0.4) is 0 Å². The first kappa shape index (κ1) is 19.9. The molecule has 6 heteroatoms. The Kier molecular flexibility index (Phi) is 11.5. The van der Waals surface area contributed by atoms with E-state index in [2.05, 4.69) is 36.0 Å². The van der Waals surface area contributed by atoms with Crippen LogP contribution in [0.5, 0.6) is 0 Å². The van der Waals surface area contributed by atoms with Crippen molar-refractivity contribution in [2.45, 2.75) is 39.7 Å². The molecule has 5 nitrogen and oxygen atoms in total. The highest BCUT2D eigenvalue weighted by molar-refractivity contribution is 14.0. The van der Waals surface area contributed by atoms with Crippen molar-refractivity contribution in [2.75, 3.05) is 39.4 Å². The van der Waals surface area contributed by atoms with Crippen LogP contribution in [0.1, 0.15) is 33.6 Å². The van der Waals surface area contributed by atoms with Gasteiger partial charge in [0.05, 0.1) is 13.2 Å². The minimum absolute atomic E-state index is 0. The number of nitrogens with two attached hydrogens (primary N) is 1. The van der Waals surface area contributed by atoms with Gasteiger partial charge in [-0.2, -0.15) is 0 Å². The van der Waals surface area contributed by atoms with Gasteiger partial charge in [-0.25, -0.2) is 0 Å². The minimum atomic E-state index is 0. The van der Waals surface area contributed by atoms with Crippen LogP contribution in [-0.2, 0) is 4.74 Å². The van der Waals surface area contributed by atoms with Crippen LogP contribution in [0.15, 0.2) is 4.99 Å². The molecule has 3 N–H and O–H groups in total. The van der Waals surface area contributed by atoms with Crippen molar-refractivity contribution in [1.82, 2.24) is 10.2 Å². The van der Waals surface area contributed by atoms with Crippen LogP contribution in [0.25, 0.3) is 0 Å². The maximum absolute atomic E-state index is 5.85. The Balaban J connectivity index is 0.00000361. The lowest BCUT2D eigenvalue weighted by molar-refractivity contribution is 0.114. The van der Waals surface area contributed by atoms with Gasteiger partial charge < -0.3 is 15.8 Å². The van der Waals surface area contributed by atoms with Crippen molar-refractivity contribution in [2.24, 2.45) is 16.6 Å². The zero-order chi connectivity index (χ0) is 14.1. The first-order valence-corrected chi connectivity index (χ1v) is 7.49. The molecule has 20 heavy (non-hydrogen) atoms. The molecule has 1 saturated heterocycles. The normalized spacial score (nSPS) is 20.2. The molecule has 0 radical (unpaired) electrons. The Morgan fingerprint density at radius 1 is 1.50 bits per heavy atom. The number of likely N-dealkylation sites (tertiary alicyclic amines) is 1. The molecule has 0 aromatic carbocycles. The summed E-state index contributed by atoms with van der Waals surface area (Å²) in [5.74, 6) is 1.12. The molecular weight excluding hydrogens is 367 g/mol. The Bertz CT molecular complexity index is 274. The topological polar surface area (TPSA) is 62.9 Å². The summed E-state index contributed by atoms with van der Waals surface area (Å²) < 4.78 is 5.48. The molecule has 120 valence electrons. The number of nitrogens with one attached hydrogen (secondary N) is 1. The van der Waals surface area contributed by atoms with Gasteiger partial charge in [0.15, 0.2) is 5.96 Å². The van der Waals surface area contributed by atoms with Crippen molar-refractivity contribution < 1.29 is 4.74 Å². The molecule has 0 aromatic heterocycles. The maximum atomic E-state index is 5.85. The SMILES string of the molecule is CCN1CCCC1CN=C(N)NCCOCC(C)C.I. The highest BCUT2D eigenvalue weighted by Gasteiger charge is 2.22. The highest BCUT2D eigenvalue weighted by atomic mass is 127. The van der Waals surface area contributed by atoms with Gasteiger partial charge in [-0.3, -0.25) is 9.89 Å². The minimum Gasteiger partial charge on any atom is -0.379 e. The average Bonchev–Trinajstić information content (AvgIpc) is 2.83. The lowest BCUT2D eigenvalue weighted by Gasteiger charge is -2.20. The van der Waals surface area contributed by atoms with Crippen LogP contribution in [0.4, 0.5) is 0 Å². The molecule has 1 aliphatic heterocycles. The second-order valence-corrected chi connectivity index (χ2v) is 5.55. The summed E-state index contributed by atoms with van der Waals surface area (Å²) in [4.78, 5) is 6.90. The molecule has 0 saturated carbocycles. The number of hydrogen-bond donors (Lipinski definition) is 2. The largest absolute Gasteiger partial charge is 0.379 e. The third-order valence-electron chi connectivity index (χ3n) is 3.38. The highest BCUT2D eigenvalue weighted by Crippen LogP contribution is 2.16. The van der Waals surface area contributed by atoms with Gasteiger partial charge in [0, 0.05) is 19.2 Å². The van der Waals surface area contributed by atoms with E-state index < -0.39 is 0 Å². The van der Waals surface area contributed by atoms with E-state index in [-0.39, 0.29) is 24.0 Å². The quantitative estimate of drug-likeness (QED) is 0.283. The van der Waals surface area contributed by atoms with Crippen LogP contribution >= 0.6 is 24.0 Å². The molecule has 1 rings (SSSR count). The van der Waals surface area contributed by atoms with Crippen LogP contribution in [0, 0.1) is 5.92 Å². The van der Waals surface area contributed by atoms with Crippen molar-refractivity contribution in [3.8, 4) is 0 Å². The molecule has 0 aromatic rings. The number of hydrogen-bond acceptors (Lipinski definition) is 3. The van der Waals surface area contributed by atoms with Gasteiger partial charge in [0.1, 0.15) is 0 Å². The zero-order valence-electron chi connectivity index (χ0n) is 13.1. The standard InChI is InChI=1S/C14H30N4O.HI/c1-4-18-8-5-6-13(18)10-17-14(15)16-7-9-19-11-12(2)3;/h12-13H,4-11H2,1-3H3,(H3,15,16,17);1H. The zero-order valence-corrected chi connectivity index (χ0v) is 15.4. The summed E-state index contributed by atoms with van der Waals surface area (Å²) in [6.07, 6.45) is 2.52. The monoisotopic (exact) mass is 398 g/mol. The fraction of sp³-hybridized carbons (Fsp3) is 0.929. The predicted molar refractivity (Wildman–Crippen MR) is 95.8 cm³/mol. The summed E-state index contributed by atoms with van der Waals surface area (Å²) in [5.41, 5.74) is 5.85. The summed E-state index contributed by atoms with van der Waals surface area (Å²) in [7, 11) is 0. The second-order valence-electron chi connectivity index (χ2n) is 5.55.